The number of phenols is 2. The van der Waals surface area contributed by atoms with Gasteiger partial charge in [-0.3, -0.25) is 24.1 Å². The first-order chi connectivity index (χ1) is 21.9. The molecule has 252 valence electrons. The van der Waals surface area contributed by atoms with Gasteiger partial charge in [-0.1, -0.05) is 32.9 Å². The molecule has 2 amide bonds. The fraction of sp³-hybridized carbons (Fsp3) is 0.471. The number of nitrogens with two attached hydrogens (primary N) is 1. The summed E-state index contributed by atoms with van der Waals surface area (Å²) in [6, 6.07) is 3.78. The second kappa shape index (κ2) is 11.8. The number of aromatic hydroxyl groups is 2. The Kier molecular flexibility index (Phi) is 8.62. The lowest BCUT2D eigenvalue weighted by Gasteiger charge is -2.50. The Hall–Kier alpha value is -4.13. The maximum absolute atomic E-state index is 14.1. The average Bonchev–Trinajstić information content (AvgIpc) is 2.98. The van der Waals surface area contributed by atoms with Gasteiger partial charge in [-0.2, -0.15) is 0 Å². The van der Waals surface area contributed by atoms with Crippen LogP contribution >= 0.6 is 11.6 Å². The summed E-state index contributed by atoms with van der Waals surface area (Å²) in [4.78, 5) is 56.2. The molecule has 13 heteroatoms. The number of phenolic OH excluding ortho intramolecular Hbond substituents is 2. The van der Waals surface area contributed by atoms with Gasteiger partial charge in [-0.15, -0.1) is 11.6 Å². The number of hydrogen-bond acceptors (Lipinski definition) is 10. The molecule has 4 atom stereocenters. The molecule has 0 unspecified atom stereocenters. The van der Waals surface area contributed by atoms with E-state index in [4.69, 9.17) is 17.3 Å². The SMILES string of the molecule is CN(C)[C@@H]1C(O)=C(C(N)=O)C(=O)[C@@]2(O)C(O)=C3C(=O)c4c(c(O)c5ccc(CN(CCCCl)C(=O)C(C)(C)C)cc5c4O)C[C@H]3C[C@@H]12. The van der Waals surface area contributed by atoms with E-state index >= 15 is 0 Å². The van der Waals surface area contributed by atoms with E-state index < -0.39 is 69.2 Å². The minimum Gasteiger partial charge on any atom is -0.510 e. The van der Waals surface area contributed by atoms with Crippen molar-refractivity contribution in [1.29, 1.82) is 0 Å². The molecule has 0 radical (unpaired) electrons. The molecular formula is C34H40ClN3O9. The summed E-state index contributed by atoms with van der Waals surface area (Å²) in [5.74, 6) is -7.64. The number of halogens is 1. The lowest BCUT2D eigenvalue weighted by atomic mass is 9.58. The van der Waals surface area contributed by atoms with Crippen LogP contribution in [0.2, 0.25) is 0 Å². The van der Waals surface area contributed by atoms with Crippen molar-refractivity contribution < 1.29 is 44.7 Å². The fourth-order valence-electron chi connectivity index (χ4n) is 7.44. The molecule has 7 N–H and O–H groups in total. The molecule has 3 aliphatic carbocycles. The number of primary amides is 1. The van der Waals surface area contributed by atoms with Crippen molar-refractivity contribution in [2.75, 3.05) is 26.5 Å². The average molecular weight is 670 g/mol. The molecule has 0 heterocycles. The molecule has 0 aliphatic heterocycles. The monoisotopic (exact) mass is 669 g/mol. The Morgan fingerprint density at radius 1 is 1.06 bits per heavy atom. The van der Waals surface area contributed by atoms with Gasteiger partial charge in [0.15, 0.2) is 11.4 Å². The second-order valence-corrected chi connectivity index (χ2v) is 14.3. The van der Waals surface area contributed by atoms with Crippen LogP contribution in [0.4, 0.5) is 0 Å². The van der Waals surface area contributed by atoms with Crippen molar-refractivity contribution in [2.45, 2.75) is 58.2 Å². The largest absolute Gasteiger partial charge is 0.510 e. The van der Waals surface area contributed by atoms with E-state index in [1.165, 1.54) is 4.90 Å². The fourth-order valence-corrected chi connectivity index (χ4v) is 7.56. The summed E-state index contributed by atoms with van der Waals surface area (Å²) in [5, 5.41) is 57.7. The van der Waals surface area contributed by atoms with E-state index in [1.807, 2.05) is 20.8 Å². The van der Waals surface area contributed by atoms with Crippen molar-refractivity contribution >= 4 is 45.8 Å². The van der Waals surface area contributed by atoms with Crippen LogP contribution in [0, 0.1) is 17.3 Å². The number of Topliss-reactive ketones (excluding diaryl/α,β-unsaturated/α-hetero) is 2. The number of aliphatic hydroxyl groups is 3. The van der Waals surface area contributed by atoms with Gasteiger partial charge in [0.1, 0.15) is 28.6 Å². The van der Waals surface area contributed by atoms with Gasteiger partial charge in [-0.05, 0) is 50.9 Å². The summed E-state index contributed by atoms with van der Waals surface area (Å²) in [5.41, 5.74) is 1.21. The number of aliphatic hydroxyl groups excluding tert-OH is 2. The van der Waals surface area contributed by atoms with E-state index in [1.54, 1.807) is 37.2 Å². The van der Waals surface area contributed by atoms with Crippen LogP contribution in [0.25, 0.3) is 10.8 Å². The van der Waals surface area contributed by atoms with E-state index in [2.05, 4.69) is 0 Å². The topological polar surface area (TPSA) is 202 Å². The molecule has 2 aromatic carbocycles. The zero-order valence-electron chi connectivity index (χ0n) is 26.9. The van der Waals surface area contributed by atoms with Crippen molar-refractivity contribution in [3.8, 4) is 11.5 Å². The number of hydrogen-bond donors (Lipinski definition) is 6. The standard InChI is InChI=1S/C34H40ClN3O9/c1-33(2,3)32(46)38(10-6-9-35)14-15-7-8-17-18(11-15)26(40)22-19(25(17)39)12-16-13-20-24(37(4)5)28(42)23(31(36)45)30(44)34(20,47)29(43)21(16)27(22)41/h7-8,11,16,20,24,39-40,42-43,47H,6,9-10,12-14H2,1-5H3,(H2,36,45)/t16-,20-,24-,34-/m0/s1. The molecule has 0 aromatic heterocycles. The molecule has 12 nitrogen and oxygen atoms in total. The first-order valence-corrected chi connectivity index (χ1v) is 15.9. The highest BCUT2D eigenvalue weighted by molar-refractivity contribution is 6.25. The molecule has 0 fully saturated rings. The lowest BCUT2D eigenvalue weighted by molar-refractivity contribution is -0.148. The zero-order chi connectivity index (χ0) is 34.9. The van der Waals surface area contributed by atoms with Crippen molar-refractivity contribution in [3.63, 3.8) is 0 Å². The van der Waals surface area contributed by atoms with Gasteiger partial charge >= 0.3 is 0 Å². The van der Waals surface area contributed by atoms with Gasteiger partial charge in [-0.25, -0.2) is 0 Å². The van der Waals surface area contributed by atoms with E-state index in [0.29, 0.717) is 24.4 Å². The van der Waals surface area contributed by atoms with Gasteiger partial charge in [0.05, 0.1) is 11.6 Å². The van der Waals surface area contributed by atoms with Crippen molar-refractivity contribution in [2.24, 2.45) is 23.0 Å². The molecule has 0 saturated carbocycles. The number of ketones is 2. The summed E-state index contributed by atoms with van der Waals surface area (Å²) in [6.07, 6.45) is 0.424. The maximum atomic E-state index is 14.1. The number of alkyl halides is 1. The molecule has 3 aliphatic rings. The van der Waals surface area contributed by atoms with E-state index in [0.717, 1.165) is 0 Å². The Morgan fingerprint density at radius 3 is 2.30 bits per heavy atom. The van der Waals surface area contributed by atoms with Gasteiger partial charge in [0.2, 0.25) is 11.7 Å². The number of carbonyl (C=O) groups excluding carboxylic acids is 4. The quantitative estimate of drug-likeness (QED) is 0.145. The van der Waals surface area contributed by atoms with Crippen molar-refractivity contribution in [1.82, 2.24) is 9.80 Å². The van der Waals surface area contributed by atoms with E-state index in [9.17, 15) is 44.7 Å². The van der Waals surface area contributed by atoms with E-state index in [-0.39, 0.29) is 58.5 Å². The Morgan fingerprint density at radius 2 is 1.72 bits per heavy atom. The van der Waals surface area contributed by atoms with Gasteiger partial charge in [0.25, 0.3) is 5.91 Å². The van der Waals surface area contributed by atoms with Crippen LogP contribution in [0.15, 0.2) is 40.9 Å². The predicted molar refractivity (Wildman–Crippen MR) is 173 cm³/mol. The van der Waals surface area contributed by atoms with Crippen LogP contribution < -0.4 is 5.73 Å². The molecule has 47 heavy (non-hydrogen) atoms. The molecule has 0 bridgehead atoms. The summed E-state index contributed by atoms with van der Waals surface area (Å²) >= 11 is 5.90. The minimum absolute atomic E-state index is 0.0437. The molecule has 0 saturated heterocycles. The Labute approximate surface area is 276 Å². The molecule has 0 spiro atoms. The number of carbonyl (C=O) groups is 4. The summed E-state index contributed by atoms with van der Waals surface area (Å²) in [6.45, 7) is 5.99. The summed E-state index contributed by atoms with van der Waals surface area (Å²) < 4.78 is 0. The molecule has 5 rings (SSSR count). The lowest BCUT2D eigenvalue weighted by Crippen LogP contribution is -2.63. The van der Waals surface area contributed by atoms with Gasteiger partial charge < -0.3 is 36.2 Å². The van der Waals surface area contributed by atoms with Crippen LogP contribution in [0.3, 0.4) is 0 Å². The highest BCUT2D eigenvalue weighted by Gasteiger charge is 2.63. The minimum atomic E-state index is -2.77. The zero-order valence-corrected chi connectivity index (χ0v) is 27.7. The third kappa shape index (κ3) is 5.22. The normalized spacial score (nSPS) is 24.4. The van der Waals surface area contributed by atoms with Crippen LogP contribution in [0.5, 0.6) is 11.5 Å². The number of likely N-dealkylation sites (N-methyl/N-ethyl adjacent to an activating group) is 1. The smallest absolute Gasteiger partial charge is 0.255 e. The summed E-state index contributed by atoms with van der Waals surface area (Å²) in [7, 11) is 3.10. The Bertz CT molecular complexity index is 1790. The highest BCUT2D eigenvalue weighted by Crippen LogP contribution is 2.54. The van der Waals surface area contributed by atoms with Crippen molar-refractivity contribution in [3.05, 3.63) is 57.6 Å². The molecular weight excluding hydrogens is 630 g/mol. The number of amides is 2. The first kappa shape index (κ1) is 34.2. The number of rotatable bonds is 7. The molecule has 2 aromatic rings. The first-order valence-electron chi connectivity index (χ1n) is 15.4. The Balaban J connectivity index is 1.64. The third-order valence-corrected chi connectivity index (χ3v) is 9.86. The van der Waals surface area contributed by atoms with Crippen LogP contribution in [0.1, 0.15) is 55.1 Å². The van der Waals surface area contributed by atoms with Gasteiger partial charge in [0, 0.05) is 52.2 Å². The maximum Gasteiger partial charge on any atom is 0.255 e. The number of benzene rings is 2. The number of fused-ring (bicyclic) bond motifs is 4. The highest BCUT2D eigenvalue weighted by atomic mass is 35.5. The second-order valence-electron chi connectivity index (χ2n) is 13.9. The van der Waals surface area contributed by atoms with Crippen LogP contribution in [-0.4, -0.2) is 96.9 Å². The number of allylic oxidation sites excluding steroid dienone is 1. The third-order valence-electron chi connectivity index (χ3n) is 9.60. The predicted octanol–water partition coefficient (Wildman–Crippen LogP) is 2.98. The number of nitrogens with zero attached hydrogens (tertiary/aromatic N) is 2. The van der Waals surface area contributed by atoms with Crippen LogP contribution in [-0.2, 0) is 27.3 Å².